The number of nitrogens with one attached hydrogen (secondary N) is 1. The van der Waals surface area contributed by atoms with Crippen molar-refractivity contribution in [2.24, 2.45) is 0 Å². The Kier molecular flexibility index (Phi) is 2.48. The van der Waals surface area contributed by atoms with Crippen molar-refractivity contribution >= 4 is 11.5 Å². The third kappa shape index (κ3) is 1.74. The molecule has 0 amide bonds. The Bertz CT molecular complexity index is 674. The number of nitrogens with two attached hydrogens (primary N) is 1. The van der Waals surface area contributed by atoms with Crippen molar-refractivity contribution in [3.8, 4) is 22.8 Å². The molecule has 0 fully saturated rings. The van der Waals surface area contributed by atoms with Crippen LogP contribution in [-0.2, 0) is 0 Å². The number of hydrogen-bond acceptors (Lipinski definition) is 4. The Hall–Kier alpha value is -2.43. The van der Waals surface area contributed by atoms with Crippen LogP contribution >= 0.6 is 0 Å². The number of carbonyl (C=O) groups excluding carboxylic acids is 1. The molecule has 3 N–H and O–H groups in total. The molecule has 5 nitrogen and oxygen atoms in total. The van der Waals surface area contributed by atoms with E-state index in [1.807, 2.05) is 25.1 Å². The van der Waals surface area contributed by atoms with Crippen LogP contribution in [0.4, 0.5) is 5.69 Å². The van der Waals surface area contributed by atoms with Gasteiger partial charge in [0.15, 0.2) is 17.3 Å². The Labute approximate surface area is 110 Å². The van der Waals surface area contributed by atoms with Gasteiger partial charge in [0.2, 0.25) is 6.79 Å². The van der Waals surface area contributed by atoms with E-state index in [0.29, 0.717) is 17.0 Å². The number of nitrogen functional groups attached to an aromatic ring is 1. The summed E-state index contributed by atoms with van der Waals surface area (Å²) in [5.74, 6) is 1.36. The van der Waals surface area contributed by atoms with Gasteiger partial charge >= 0.3 is 0 Å². The van der Waals surface area contributed by atoms with Crippen LogP contribution in [0.15, 0.2) is 18.2 Å². The number of H-pyrrole nitrogens is 1. The summed E-state index contributed by atoms with van der Waals surface area (Å²) in [6.07, 6.45) is 0. The summed E-state index contributed by atoms with van der Waals surface area (Å²) in [7, 11) is 0. The quantitative estimate of drug-likeness (QED) is 0.811. The van der Waals surface area contributed by atoms with Gasteiger partial charge in [0.25, 0.3) is 0 Å². The molecule has 3 rings (SSSR count). The summed E-state index contributed by atoms with van der Waals surface area (Å²) in [4.78, 5) is 14.7. The van der Waals surface area contributed by atoms with Crippen molar-refractivity contribution < 1.29 is 14.3 Å². The third-order valence-electron chi connectivity index (χ3n) is 3.24. The smallest absolute Gasteiger partial charge is 0.231 e. The first-order chi connectivity index (χ1) is 9.08. The molecule has 19 heavy (non-hydrogen) atoms. The van der Waals surface area contributed by atoms with Gasteiger partial charge in [-0.05, 0) is 32.0 Å². The highest BCUT2D eigenvalue weighted by atomic mass is 16.7. The lowest BCUT2D eigenvalue weighted by molar-refractivity contribution is 0.101. The maximum Gasteiger partial charge on any atom is 0.231 e. The molecule has 1 aromatic heterocycles. The molecule has 2 aromatic rings. The van der Waals surface area contributed by atoms with E-state index in [9.17, 15) is 4.79 Å². The van der Waals surface area contributed by atoms with E-state index < -0.39 is 0 Å². The number of aromatic amines is 1. The van der Waals surface area contributed by atoms with Crippen LogP contribution < -0.4 is 15.2 Å². The zero-order valence-corrected chi connectivity index (χ0v) is 10.7. The number of carbonyl (C=O) groups is 1. The lowest BCUT2D eigenvalue weighted by atomic mass is 10.1. The molecule has 5 heteroatoms. The molecule has 0 radical (unpaired) electrons. The molecule has 1 aliphatic rings. The average Bonchev–Trinajstić information content (AvgIpc) is 2.92. The van der Waals surface area contributed by atoms with Crippen LogP contribution in [0.2, 0.25) is 0 Å². The molecule has 0 atom stereocenters. The van der Waals surface area contributed by atoms with Crippen molar-refractivity contribution in [3.05, 3.63) is 29.5 Å². The summed E-state index contributed by atoms with van der Waals surface area (Å²) in [6, 6.07) is 5.58. The SMILES string of the molecule is CC(=O)c1c(C)[nH]c(-c2ccc3c(c2)OCO3)c1N. The minimum absolute atomic E-state index is 0.0433. The standard InChI is InChI=1S/C14H14N2O3/c1-7-12(8(2)17)13(15)14(16-7)9-3-4-10-11(5-9)19-6-18-10/h3-5,16H,6,15H2,1-2H3. The molecule has 0 aliphatic carbocycles. The van der Waals surface area contributed by atoms with Gasteiger partial charge < -0.3 is 20.2 Å². The van der Waals surface area contributed by atoms with E-state index >= 15 is 0 Å². The van der Waals surface area contributed by atoms with Crippen LogP contribution in [0.1, 0.15) is 23.0 Å². The third-order valence-corrected chi connectivity index (χ3v) is 3.24. The molecule has 0 spiro atoms. The Balaban J connectivity index is 2.12. The molecule has 2 heterocycles. The first-order valence-electron chi connectivity index (χ1n) is 5.97. The van der Waals surface area contributed by atoms with Gasteiger partial charge in [-0.1, -0.05) is 0 Å². The minimum Gasteiger partial charge on any atom is -0.454 e. The van der Waals surface area contributed by atoms with E-state index in [2.05, 4.69) is 4.98 Å². The van der Waals surface area contributed by atoms with Crippen LogP contribution in [0.3, 0.4) is 0 Å². The lowest BCUT2D eigenvalue weighted by Gasteiger charge is -2.03. The van der Waals surface area contributed by atoms with Crippen molar-refractivity contribution in [1.82, 2.24) is 4.98 Å². The maximum atomic E-state index is 11.6. The predicted molar refractivity (Wildman–Crippen MR) is 71.5 cm³/mol. The van der Waals surface area contributed by atoms with Crippen molar-refractivity contribution in [3.63, 3.8) is 0 Å². The molecule has 98 valence electrons. The molecular weight excluding hydrogens is 244 g/mol. The Morgan fingerprint density at radius 2 is 2.05 bits per heavy atom. The number of aromatic nitrogens is 1. The van der Waals surface area contributed by atoms with Crippen LogP contribution in [-0.4, -0.2) is 17.6 Å². The van der Waals surface area contributed by atoms with Crippen LogP contribution in [0.25, 0.3) is 11.3 Å². The lowest BCUT2D eigenvalue weighted by Crippen LogP contribution is -1.98. The molecule has 1 aromatic carbocycles. The molecule has 0 bridgehead atoms. The number of ketones is 1. The fraction of sp³-hybridized carbons (Fsp3) is 0.214. The monoisotopic (exact) mass is 258 g/mol. The highest BCUT2D eigenvalue weighted by molar-refractivity contribution is 6.03. The first kappa shape index (κ1) is 11.6. The average molecular weight is 258 g/mol. The van der Waals surface area contributed by atoms with Gasteiger partial charge in [-0.2, -0.15) is 0 Å². The number of hydrogen-bond donors (Lipinski definition) is 2. The van der Waals surface area contributed by atoms with Crippen LogP contribution in [0, 0.1) is 6.92 Å². The maximum absolute atomic E-state index is 11.6. The fourth-order valence-electron chi connectivity index (χ4n) is 2.38. The van der Waals surface area contributed by atoms with Crippen molar-refractivity contribution in [2.75, 3.05) is 12.5 Å². The number of ether oxygens (including phenoxy) is 2. The highest BCUT2D eigenvalue weighted by Gasteiger charge is 2.19. The minimum atomic E-state index is -0.0433. The topological polar surface area (TPSA) is 77.3 Å². The van der Waals surface area contributed by atoms with E-state index in [4.69, 9.17) is 15.2 Å². The van der Waals surface area contributed by atoms with E-state index in [1.54, 1.807) is 0 Å². The number of fused-ring (bicyclic) bond motifs is 1. The van der Waals surface area contributed by atoms with Crippen LogP contribution in [0.5, 0.6) is 11.5 Å². The summed E-state index contributed by atoms with van der Waals surface area (Å²) in [6.45, 7) is 3.58. The predicted octanol–water partition coefficient (Wildman–Crippen LogP) is 2.50. The summed E-state index contributed by atoms with van der Waals surface area (Å²) < 4.78 is 10.6. The van der Waals surface area contributed by atoms with Gasteiger partial charge in [0.1, 0.15) is 0 Å². The summed E-state index contributed by atoms with van der Waals surface area (Å²) in [5, 5.41) is 0. The van der Waals surface area contributed by atoms with Gasteiger partial charge in [-0.3, -0.25) is 4.79 Å². The second-order valence-corrected chi connectivity index (χ2v) is 4.54. The number of anilines is 1. The highest BCUT2D eigenvalue weighted by Crippen LogP contribution is 2.38. The normalized spacial score (nSPS) is 12.7. The Morgan fingerprint density at radius 1 is 1.32 bits per heavy atom. The first-order valence-corrected chi connectivity index (χ1v) is 5.97. The second kappa shape index (κ2) is 4.05. The van der Waals surface area contributed by atoms with E-state index in [0.717, 1.165) is 22.7 Å². The number of benzene rings is 1. The summed E-state index contributed by atoms with van der Waals surface area (Å²) >= 11 is 0. The zero-order valence-electron chi connectivity index (χ0n) is 10.7. The fourth-order valence-corrected chi connectivity index (χ4v) is 2.38. The summed E-state index contributed by atoms with van der Waals surface area (Å²) in [5.41, 5.74) is 9.47. The second-order valence-electron chi connectivity index (χ2n) is 4.54. The van der Waals surface area contributed by atoms with Gasteiger partial charge in [-0.25, -0.2) is 0 Å². The number of rotatable bonds is 2. The van der Waals surface area contributed by atoms with Gasteiger partial charge in [-0.15, -0.1) is 0 Å². The van der Waals surface area contributed by atoms with E-state index in [1.165, 1.54) is 6.92 Å². The van der Waals surface area contributed by atoms with Gasteiger partial charge in [0, 0.05) is 11.3 Å². The molecular formula is C14H14N2O3. The van der Waals surface area contributed by atoms with Crippen molar-refractivity contribution in [2.45, 2.75) is 13.8 Å². The number of aryl methyl sites for hydroxylation is 1. The molecule has 0 unspecified atom stereocenters. The largest absolute Gasteiger partial charge is 0.454 e. The molecule has 0 saturated carbocycles. The zero-order chi connectivity index (χ0) is 13.6. The van der Waals surface area contributed by atoms with Gasteiger partial charge in [0.05, 0.1) is 16.9 Å². The molecule has 1 aliphatic heterocycles. The van der Waals surface area contributed by atoms with Crippen molar-refractivity contribution in [1.29, 1.82) is 0 Å². The number of Topliss-reactive ketones (excluding diaryl/α,β-unsaturated/α-hetero) is 1. The Morgan fingerprint density at radius 3 is 2.74 bits per heavy atom. The van der Waals surface area contributed by atoms with E-state index in [-0.39, 0.29) is 12.6 Å². The molecule has 0 saturated heterocycles.